The third-order valence-electron chi connectivity index (χ3n) is 2.98. The molecule has 0 saturated heterocycles. The van der Waals surface area contributed by atoms with Gasteiger partial charge in [-0.1, -0.05) is 24.2 Å². The molecule has 2 nitrogen and oxygen atoms in total. The molecule has 2 rings (SSSR count). The van der Waals surface area contributed by atoms with Crippen molar-refractivity contribution in [1.29, 1.82) is 0 Å². The minimum absolute atomic E-state index is 0.284. The molecule has 0 bridgehead atoms. The van der Waals surface area contributed by atoms with Crippen molar-refractivity contribution in [3.05, 3.63) is 40.9 Å². The van der Waals surface area contributed by atoms with Crippen LogP contribution in [0.15, 0.2) is 29.8 Å². The van der Waals surface area contributed by atoms with Gasteiger partial charge in [0.1, 0.15) is 5.75 Å². The van der Waals surface area contributed by atoms with Gasteiger partial charge in [-0.25, -0.2) is 0 Å². The van der Waals surface area contributed by atoms with Gasteiger partial charge in [0, 0.05) is 17.6 Å². The lowest BCUT2D eigenvalue weighted by Crippen LogP contribution is -2.26. The first-order valence-corrected chi connectivity index (χ1v) is 5.93. The third kappa shape index (κ3) is 2.57. The molecule has 0 aliphatic heterocycles. The number of phenols is 1. The number of halogens is 1. The molecular weight excluding hydrogens is 222 g/mol. The lowest BCUT2D eigenvalue weighted by Gasteiger charge is -2.26. The topological polar surface area (TPSA) is 32.3 Å². The normalized spacial score (nSPS) is 19.2. The third-order valence-corrected chi connectivity index (χ3v) is 3.12. The van der Waals surface area contributed by atoms with E-state index in [1.165, 1.54) is 17.5 Å². The fraction of sp³-hybridized carbons (Fsp3) is 0.385. The Bertz CT molecular complexity index is 403. The highest BCUT2D eigenvalue weighted by molar-refractivity contribution is 6.29. The Morgan fingerprint density at radius 1 is 1.56 bits per heavy atom. The van der Waals surface area contributed by atoms with E-state index >= 15 is 0 Å². The molecule has 3 heteroatoms. The van der Waals surface area contributed by atoms with Gasteiger partial charge in [-0.2, -0.15) is 0 Å². The fourth-order valence-corrected chi connectivity index (χ4v) is 2.31. The van der Waals surface area contributed by atoms with Crippen LogP contribution in [0, 0.1) is 0 Å². The molecule has 1 aliphatic rings. The summed E-state index contributed by atoms with van der Waals surface area (Å²) in [4.78, 5) is 0. The molecule has 86 valence electrons. The van der Waals surface area contributed by atoms with Crippen LogP contribution in [0.4, 0.5) is 0 Å². The zero-order valence-corrected chi connectivity index (χ0v) is 9.93. The first kappa shape index (κ1) is 11.5. The SMILES string of the molecule is C=C(Cl)CNC1CCCc2ccc(O)cc21. The highest BCUT2D eigenvalue weighted by Gasteiger charge is 2.19. The molecule has 1 aromatic carbocycles. The van der Waals surface area contributed by atoms with Gasteiger partial charge in [-0.3, -0.25) is 0 Å². The van der Waals surface area contributed by atoms with Crippen LogP contribution in [0.2, 0.25) is 0 Å². The highest BCUT2D eigenvalue weighted by Crippen LogP contribution is 2.32. The van der Waals surface area contributed by atoms with Crippen LogP contribution in [0.25, 0.3) is 0 Å². The van der Waals surface area contributed by atoms with Crippen molar-refractivity contribution in [2.75, 3.05) is 6.54 Å². The van der Waals surface area contributed by atoms with Gasteiger partial charge >= 0.3 is 0 Å². The second-order valence-electron chi connectivity index (χ2n) is 4.23. The van der Waals surface area contributed by atoms with Crippen molar-refractivity contribution in [3.63, 3.8) is 0 Å². The summed E-state index contributed by atoms with van der Waals surface area (Å²) in [6.07, 6.45) is 3.35. The number of benzene rings is 1. The second kappa shape index (κ2) is 4.89. The molecule has 0 radical (unpaired) electrons. The predicted octanol–water partition coefficient (Wildman–Crippen LogP) is 3.11. The number of hydrogen-bond acceptors (Lipinski definition) is 2. The van der Waals surface area contributed by atoms with Crippen molar-refractivity contribution < 1.29 is 5.11 Å². The van der Waals surface area contributed by atoms with Crippen LogP contribution in [-0.2, 0) is 6.42 Å². The molecule has 0 fully saturated rings. The van der Waals surface area contributed by atoms with Crippen molar-refractivity contribution in [2.24, 2.45) is 0 Å². The Labute approximate surface area is 101 Å². The van der Waals surface area contributed by atoms with E-state index in [-0.39, 0.29) is 6.04 Å². The van der Waals surface area contributed by atoms with Gasteiger partial charge in [0.05, 0.1) is 0 Å². The summed E-state index contributed by atoms with van der Waals surface area (Å²) in [6, 6.07) is 5.89. The summed E-state index contributed by atoms with van der Waals surface area (Å²) in [5, 5.41) is 13.5. The number of fused-ring (bicyclic) bond motifs is 1. The minimum atomic E-state index is 0.284. The minimum Gasteiger partial charge on any atom is -0.508 e. The molecule has 0 saturated carbocycles. The van der Waals surface area contributed by atoms with E-state index in [4.69, 9.17) is 11.6 Å². The van der Waals surface area contributed by atoms with E-state index in [0.29, 0.717) is 17.3 Å². The zero-order chi connectivity index (χ0) is 11.5. The summed E-state index contributed by atoms with van der Waals surface area (Å²) in [6.45, 7) is 4.28. The highest BCUT2D eigenvalue weighted by atomic mass is 35.5. The predicted molar refractivity (Wildman–Crippen MR) is 66.8 cm³/mol. The molecule has 16 heavy (non-hydrogen) atoms. The summed E-state index contributed by atoms with van der Waals surface area (Å²) in [7, 11) is 0. The van der Waals surface area contributed by atoms with E-state index in [1.807, 2.05) is 12.1 Å². The van der Waals surface area contributed by atoms with E-state index in [2.05, 4.69) is 11.9 Å². The van der Waals surface area contributed by atoms with Crippen LogP contribution < -0.4 is 5.32 Å². The summed E-state index contributed by atoms with van der Waals surface area (Å²) in [5.41, 5.74) is 2.52. The standard InChI is InChI=1S/C13H16ClNO/c1-9(14)8-15-13-4-2-3-10-5-6-11(16)7-12(10)13/h5-7,13,15-16H,1-4,8H2. The Balaban J connectivity index is 2.18. The number of phenolic OH excluding ortho intramolecular Hbond substituents is 1. The molecule has 1 aliphatic carbocycles. The lowest BCUT2D eigenvalue weighted by atomic mass is 9.87. The first-order valence-electron chi connectivity index (χ1n) is 5.55. The lowest BCUT2D eigenvalue weighted by molar-refractivity contribution is 0.456. The fourth-order valence-electron chi connectivity index (χ4n) is 2.23. The molecule has 1 aromatic rings. The van der Waals surface area contributed by atoms with Gasteiger partial charge in [-0.05, 0) is 42.5 Å². The maximum atomic E-state index is 9.51. The Morgan fingerprint density at radius 3 is 3.12 bits per heavy atom. The van der Waals surface area contributed by atoms with Gasteiger partial charge in [-0.15, -0.1) is 0 Å². The Morgan fingerprint density at radius 2 is 2.38 bits per heavy atom. The molecule has 0 amide bonds. The largest absolute Gasteiger partial charge is 0.508 e. The van der Waals surface area contributed by atoms with Crippen LogP contribution in [0.1, 0.15) is 30.0 Å². The van der Waals surface area contributed by atoms with Gasteiger partial charge in [0.25, 0.3) is 0 Å². The smallest absolute Gasteiger partial charge is 0.115 e. The number of aromatic hydroxyl groups is 1. The van der Waals surface area contributed by atoms with E-state index in [1.54, 1.807) is 6.07 Å². The maximum Gasteiger partial charge on any atom is 0.115 e. The van der Waals surface area contributed by atoms with Crippen LogP contribution in [0.5, 0.6) is 5.75 Å². The monoisotopic (exact) mass is 237 g/mol. The average Bonchev–Trinajstić information content (AvgIpc) is 2.26. The molecule has 2 N–H and O–H groups in total. The van der Waals surface area contributed by atoms with Crippen molar-refractivity contribution in [2.45, 2.75) is 25.3 Å². The van der Waals surface area contributed by atoms with Crippen LogP contribution >= 0.6 is 11.6 Å². The van der Waals surface area contributed by atoms with E-state index < -0.39 is 0 Å². The van der Waals surface area contributed by atoms with Crippen LogP contribution in [0.3, 0.4) is 0 Å². The average molecular weight is 238 g/mol. The Kier molecular flexibility index (Phi) is 3.52. The van der Waals surface area contributed by atoms with Gasteiger partial charge < -0.3 is 10.4 Å². The zero-order valence-electron chi connectivity index (χ0n) is 9.17. The van der Waals surface area contributed by atoms with E-state index in [9.17, 15) is 5.11 Å². The van der Waals surface area contributed by atoms with E-state index in [0.717, 1.165) is 12.8 Å². The van der Waals surface area contributed by atoms with Gasteiger partial charge in [0.2, 0.25) is 0 Å². The molecule has 1 unspecified atom stereocenters. The Hall–Kier alpha value is -0.990. The number of nitrogens with one attached hydrogen (secondary N) is 1. The second-order valence-corrected chi connectivity index (χ2v) is 4.76. The number of aryl methyl sites for hydroxylation is 1. The van der Waals surface area contributed by atoms with Gasteiger partial charge in [0.15, 0.2) is 0 Å². The summed E-state index contributed by atoms with van der Waals surface area (Å²) < 4.78 is 0. The van der Waals surface area contributed by atoms with Crippen LogP contribution in [-0.4, -0.2) is 11.7 Å². The first-order chi connectivity index (χ1) is 7.66. The molecule has 0 heterocycles. The maximum absolute atomic E-state index is 9.51. The van der Waals surface area contributed by atoms with Crippen molar-refractivity contribution >= 4 is 11.6 Å². The summed E-state index contributed by atoms with van der Waals surface area (Å²) in [5.74, 6) is 0.331. The molecule has 1 atom stereocenters. The molecule has 0 spiro atoms. The quantitative estimate of drug-likeness (QED) is 0.847. The van der Waals surface area contributed by atoms with Crippen molar-refractivity contribution in [1.82, 2.24) is 5.32 Å². The molecular formula is C13H16ClNO. The van der Waals surface area contributed by atoms with Crippen molar-refractivity contribution in [3.8, 4) is 5.75 Å². The number of hydrogen-bond donors (Lipinski definition) is 2. The number of rotatable bonds is 3. The summed E-state index contributed by atoms with van der Waals surface area (Å²) >= 11 is 5.75. The molecule has 0 aromatic heterocycles.